The summed E-state index contributed by atoms with van der Waals surface area (Å²) in [6.45, 7) is 3.62. The zero-order chi connectivity index (χ0) is 19.5. The predicted octanol–water partition coefficient (Wildman–Crippen LogP) is 1.55. The van der Waals surface area contributed by atoms with E-state index in [1.807, 2.05) is 17.7 Å². The Hall–Kier alpha value is -2.39. The quantitative estimate of drug-likeness (QED) is 0.532. The molecule has 0 atom stereocenters. The molecule has 2 aromatic rings. The lowest BCUT2D eigenvalue weighted by Crippen LogP contribution is -2.30. The van der Waals surface area contributed by atoms with E-state index in [1.165, 1.54) is 12.1 Å². The molecule has 0 bridgehead atoms. The van der Waals surface area contributed by atoms with Crippen LogP contribution in [0.5, 0.6) is 5.75 Å². The highest BCUT2D eigenvalue weighted by molar-refractivity contribution is 7.89. The van der Waals surface area contributed by atoms with Gasteiger partial charge in [-0.05, 0) is 37.1 Å². The number of benzene rings is 1. The van der Waals surface area contributed by atoms with E-state index in [-0.39, 0.29) is 17.4 Å². The molecule has 1 heterocycles. The summed E-state index contributed by atoms with van der Waals surface area (Å²) in [6, 6.07) is 6.01. The molecule has 1 aromatic heterocycles. The minimum Gasteiger partial charge on any atom is -0.484 e. The van der Waals surface area contributed by atoms with Gasteiger partial charge in [0, 0.05) is 32.0 Å². The number of carbonyl (C=O) groups excluding carboxylic acids is 1. The Balaban J connectivity index is 1.70. The van der Waals surface area contributed by atoms with E-state index in [1.54, 1.807) is 24.7 Å². The number of imidazole rings is 1. The number of nitrogens with one attached hydrogen (secondary N) is 2. The zero-order valence-corrected chi connectivity index (χ0v) is 16.2. The Morgan fingerprint density at radius 1 is 1.19 bits per heavy atom. The Labute approximate surface area is 160 Å². The summed E-state index contributed by atoms with van der Waals surface area (Å²) < 4.78 is 34.1. The van der Waals surface area contributed by atoms with Gasteiger partial charge in [-0.3, -0.25) is 4.79 Å². The fourth-order valence-corrected chi connectivity index (χ4v) is 3.36. The fraction of sp³-hybridized carbons (Fsp3) is 0.444. The molecule has 0 saturated carbocycles. The molecule has 0 radical (unpaired) electrons. The second-order valence-corrected chi connectivity index (χ2v) is 7.78. The van der Waals surface area contributed by atoms with Gasteiger partial charge in [-0.15, -0.1) is 0 Å². The third-order valence-electron chi connectivity index (χ3n) is 3.80. The normalized spacial score (nSPS) is 11.3. The van der Waals surface area contributed by atoms with Gasteiger partial charge in [0.1, 0.15) is 5.75 Å². The maximum Gasteiger partial charge on any atom is 0.257 e. The van der Waals surface area contributed by atoms with Crippen LogP contribution in [-0.4, -0.2) is 43.6 Å². The average Bonchev–Trinajstić information content (AvgIpc) is 3.17. The second-order valence-electron chi connectivity index (χ2n) is 6.02. The van der Waals surface area contributed by atoms with Crippen molar-refractivity contribution in [3.05, 3.63) is 43.0 Å². The third kappa shape index (κ3) is 7.40. The fourth-order valence-electron chi connectivity index (χ4n) is 2.29. The van der Waals surface area contributed by atoms with Crippen molar-refractivity contribution in [2.45, 2.75) is 37.6 Å². The van der Waals surface area contributed by atoms with E-state index in [9.17, 15) is 13.2 Å². The van der Waals surface area contributed by atoms with Gasteiger partial charge in [-0.25, -0.2) is 18.1 Å². The summed E-state index contributed by atoms with van der Waals surface area (Å²) >= 11 is 0. The molecule has 0 aliphatic carbocycles. The summed E-state index contributed by atoms with van der Waals surface area (Å²) in [7, 11) is -3.51. The number of carbonyl (C=O) groups is 1. The SMILES string of the molecule is CCCCNS(=O)(=O)c1ccc(OCC(=O)NCCCn2ccnc2)cc1. The molecule has 2 N–H and O–H groups in total. The molecule has 8 nitrogen and oxygen atoms in total. The molecular weight excluding hydrogens is 368 g/mol. The molecular formula is C18H26N4O4S. The van der Waals surface area contributed by atoms with E-state index < -0.39 is 10.0 Å². The number of ether oxygens (including phenoxy) is 1. The van der Waals surface area contributed by atoms with Gasteiger partial charge in [0.25, 0.3) is 5.91 Å². The van der Waals surface area contributed by atoms with Crippen LogP contribution >= 0.6 is 0 Å². The molecule has 1 aromatic carbocycles. The van der Waals surface area contributed by atoms with Crippen LogP contribution in [-0.2, 0) is 21.4 Å². The van der Waals surface area contributed by atoms with Crippen LogP contribution in [0.15, 0.2) is 47.9 Å². The second kappa shape index (κ2) is 10.7. The summed E-state index contributed by atoms with van der Waals surface area (Å²) in [5, 5.41) is 2.78. The van der Waals surface area contributed by atoms with E-state index in [0.29, 0.717) is 18.8 Å². The van der Waals surface area contributed by atoms with Gasteiger partial charge >= 0.3 is 0 Å². The number of sulfonamides is 1. The first kappa shape index (κ1) is 20.9. The molecule has 0 aliphatic heterocycles. The van der Waals surface area contributed by atoms with Crippen molar-refractivity contribution in [2.24, 2.45) is 0 Å². The predicted molar refractivity (Wildman–Crippen MR) is 102 cm³/mol. The molecule has 0 aliphatic rings. The summed E-state index contributed by atoms with van der Waals surface area (Å²) in [6.07, 6.45) is 7.81. The highest BCUT2D eigenvalue weighted by Gasteiger charge is 2.13. The molecule has 1 amide bonds. The molecule has 0 spiro atoms. The van der Waals surface area contributed by atoms with E-state index in [0.717, 1.165) is 25.8 Å². The first-order chi connectivity index (χ1) is 13.0. The Morgan fingerprint density at radius 2 is 1.96 bits per heavy atom. The van der Waals surface area contributed by atoms with Crippen LogP contribution in [0.1, 0.15) is 26.2 Å². The van der Waals surface area contributed by atoms with Gasteiger partial charge < -0.3 is 14.6 Å². The number of aromatic nitrogens is 2. The van der Waals surface area contributed by atoms with Crippen molar-refractivity contribution in [3.63, 3.8) is 0 Å². The summed E-state index contributed by atoms with van der Waals surface area (Å²) in [5.74, 6) is 0.217. The topological polar surface area (TPSA) is 102 Å². The van der Waals surface area contributed by atoms with Crippen LogP contribution in [0.25, 0.3) is 0 Å². The van der Waals surface area contributed by atoms with Crippen LogP contribution in [0.2, 0.25) is 0 Å². The number of amides is 1. The minimum absolute atomic E-state index is 0.119. The maximum atomic E-state index is 12.1. The smallest absolute Gasteiger partial charge is 0.257 e. The van der Waals surface area contributed by atoms with Crippen molar-refractivity contribution in [2.75, 3.05) is 19.7 Å². The highest BCUT2D eigenvalue weighted by Crippen LogP contribution is 2.15. The van der Waals surface area contributed by atoms with Gasteiger partial charge in [-0.2, -0.15) is 0 Å². The third-order valence-corrected chi connectivity index (χ3v) is 5.28. The lowest BCUT2D eigenvalue weighted by molar-refractivity contribution is -0.123. The molecule has 27 heavy (non-hydrogen) atoms. The van der Waals surface area contributed by atoms with E-state index >= 15 is 0 Å². The Morgan fingerprint density at radius 3 is 2.63 bits per heavy atom. The molecule has 0 saturated heterocycles. The van der Waals surface area contributed by atoms with Crippen molar-refractivity contribution >= 4 is 15.9 Å². The van der Waals surface area contributed by atoms with Gasteiger partial charge in [0.15, 0.2) is 6.61 Å². The van der Waals surface area contributed by atoms with Crippen LogP contribution in [0.4, 0.5) is 0 Å². The van der Waals surface area contributed by atoms with Crippen molar-refractivity contribution < 1.29 is 17.9 Å². The first-order valence-electron chi connectivity index (χ1n) is 8.96. The number of rotatable bonds is 12. The number of unbranched alkanes of at least 4 members (excludes halogenated alkanes) is 1. The van der Waals surface area contributed by atoms with Gasteiger partial charge in [0.2, 0.25) is 10.0 Å². The number of hydrogen-bond donors (Lipinski definition) is 2. The lowest BCUT2D eigenvalue weighted by atomic mass is 10.3. The van der Waals surface area contributed by atoms with Crippen LogP contribution in [0.3, 0.4) is 0 Å². The molecule has 9 heteroatoms. The number of nitrogens with zero attached hydrogens (tertiary/aromatic N) is 2. The van der Waals surface area contributed by atoms with Crippen LogP contribution in [0, 0.1) is 0 Å². The Kier molecular flexibility index (Phi) is 8.28. The Bertz CT molecular complexity index is 789. The standard InChI is InChI=1S/C18H26N4O4S/c1-2-3-10-21-27(24,25)17-7-5-16(6-8-17)26-14-18(23)20-9-4-12-22-13-11-19-15-22/h5-8,11,13,15,21H,2-4,9-10,12,14H2,1H3,(H,20,23). The highest BCUT2D eigenvalue weighted by atomic mass is 32.2. The largest absolute Gasteiger partial charge is 0.484 e. The number of aryl methyl sites for hydroxylation is 1. The molecule has 0 fully saturated rings. The minimum atomic E-state index is -3.51. The first-order valence-corrected chi connectivity index (χ1v) is 10.4. The zero-order valence-electron chi connectivity index (χ0n) is 15.4. The molecule has 148 valence electrons. The molecule has 2 rings (SSSR count). The van der Waals surface area contributed by atoms with Gasteiger partial charge in [0.05, 0.1) is 11.2 Å². The van der Waals surface area contributed by atoms with E-state index in [2.05, 4.69) is 15.0 Å². The van der Waals surface area contributed by atoms with Gasteiger partial charge in [-0.1, -0.05) is 13.3 Å². The lowest BCUT2D eigenvalue weighted by Gasteiger charge is -2.09. The van der Waals surface area contributed by atoms with Crippen molar-refractivity contribution in [3.8, 4) is 5.75 Å². The van der Waals surface area contributed by atoms with Crippen molar-refractivity contribution in [1.82, 2.24) is 19.6 Å². The van der Waals surface area contributed by atoms with Crippen molar-refractivity contribution in [1.29, 1.82) is 0 Å². The maximum absolute atomic E-state index is 12.1. The molecule has 0 unspecified atom stereocenters. The van der Waals surface area contributed by atoms with E-state index in [4.69, 9.17) is 4.74 Å². The summed E-state index contributed by atoms with van der Waals surface area (Å²) in [5.41, 5.74) is 0. The number of hydrogen-bond acceptors (Lipinski definition) is 5. The van der Waals surface area contributed by atoms with Crippen LogP contribution < -0.4 is 14.8 Å². The summed E-state index contributed by atoms with van der Waals surface area (Å²) in [4.78, 5) is 15.9. The average molecular weight is 394 g/mol. The monoisotopic (exact) mass is 394 g/mol.